The normalized spacial score (nSPS) is 10.2. The molecule has 2 aromatic carbocycles. The zero-order valence-electron chi connectivity index (χ0n) is 14.3. The van der Waals surface area contributed by atoms with Crippen LogP contribution in [0.5, 0.6) is 11.5 Å². The summed E-state index contributed by atoms with van der Waals surface area (Å²) in [6.45, 7) is 0.549. The third-order valence-electron chi connectivity index (χ3n) is 3.51. The number of hydrogen-bond donors (Lipinski definition) is 2. The van der Waals surface area contributed by atoms with Gasteiger partial charge < -0.3 is 20.1 Å². The van der Waals surface area contributed by atoms with Crippen LogP contribution in [0.15, 0.2) is 45.3 Å². The molecule has 2 rings (SSSR count). The first kappa shape index (κ1) is 20.3. The van der Waals surface area contributed by atoms with Crippen LogP contribution in [-0.2, 0) is 0 Å². The van der Waals surface area contributed by atoms with E-state index in [1.54, 1.807) is 36.4 Å². The maximum Gasteiger partial charge on any atom is 0.255 e. The molecule has 0 aromatic heterocycles. The van der Waals surface area contributed by atoms with Crippen molar-refractivity contribution in [2.75, 3.05) is 27.3 Å². The number of halogens is 2. The van der Waals surface area contributed by atoms with Gasteiger partial charge in [-0.1, -0.05) is 31.9 Å². The van der Waals surface area contributed by atoms with Crippen LogP contribution in [0.4, 0.5) is 0 Å². The van der Waals surface area contributed by atoms with Gasteiger partial charge in [-0.3, -0.25) is 9.59 Å². The number of amides is 2. The van der Waals surface area contributed by atoms with Gasteiger partial charge in [0.2, 0.25) is 0 Å². The van der Waals surface area contributed by atoms with Crippen molar-refractivity contribution in [3.05, 3.63) is 56.5 Å². The van der Waals surface area contributed by atoms with Gasteiger partial charge in [-0.15, -0.1) is 0 Å². The van der Waals surface area contributed by atoms with Crippen LogP contribution >= 0.6 is 31.9 Å². The van der Waals surface area contributed by atoms with Gasteiger partial charge in [-0.05, 0) is 36.4 Å². The molecular formula is C18H18Br2N2O4. The van der Waals surface area contributed by atoms with E-state index in [4.69, 9.17) is 9.47 Å². The molecular weight excluding hydrogens is 468 g/mol. The molecule has 0 aliphatic heterocycles. The number of nitrogens with one attached hydrogen (secondary N) is 2. The van der Waals surface area contributed by atoms with Crippen molar-refractivity contribution in [3.63, 3.8) is 0 Å². The fourth-order valence-corrected chi connectivity index (χ4v) is 2.98. The van der Waals surface area contributed by atoms with Crippen LogP contribution in [0.3, 0.4) is 0 Å². The third kappa shape index (κ3) is 5.22. The van der Waals surface area contributed by atoms with Gasteiger partial charge >= 0.3 is 0 Å². The lowest BCUT2D eigenvalue weighted by atomic mass is 10.2. The minimum Gasteiger partial charge on any atom is -0.496 e. The lowest BCUT2D eigenvalue weighted by molar-refractivity contribution is 0.0924. The highest BCUT2D eigenvalue weighted by Crippen LogP contribution is 2.23. The van der Waals surface area contributed by atoms with Gasteiger partial charge in [-0.25, -0.2) is 0 Å². The molecule has 0 saturated heterocycles. The summed E-state index contributed by atoms with van der Waals surface area (Å²) in [6, 6.07) is 10.4. The zero-order chi connectivity index (χ0) is 19.1. The molecule has 2 amide bonds. The fourth-order valence-electron chi connectivity index (χ4n) is 2.26. The van der Waals surface area contributed by atoms with Gasteiger partial charge in [0.1, 0.15) is 11.5 Å². The lowest BCUT2D eigenvalue weighted by Gasteiger charge is -2.12. The highest BCUT2D eigenvalue weighted by atomic mass is 79.9. The number of ether oxygens (including phenoxy) is 2. The minimum atomic E-state index is -0.280. The Kier molecular flexibility index (Phi) is 7.47. The Balaban J connectivity index is 1.91. The van der Waals surface area contributed by atoms with E-state index in [9.17, 15) is 9.59 Å². The van der Waals surface area contributed by atoms with Gasteiger partial charge in [0.25, 0.3) is 11.8 Å². The third-order valence-corrected chi connectivity index (χ3v) is 4.49. The van der Waals surface area contributed by atoms with Crippen molar-refractivity contribution >= 4 is 43.7 Å². The second-order valence-electron chi connectivity index (χ2n) is 5.20. The van der Waals surface area contributed by atoms with Crippen LogP contribution in [-0.4, -0.2) is 39.1 Å². The first-order chi connectivity index (χ1) is 12.5. The number of benzene rings is 2. The van der Waals surface area contributed by atoms with Crippen LogP contribution in [0.1, 0.15) is 20.7 Å². The van der Waals surface area contributed by atoms with E-state index in [2.05, 4.69) is 42.5 Å². The maximum atomic E-state index is 12.3. The first-order valence-corrected chi connectivity index (χ1v) is 9.28. The summed E-state index contributed by atoms with van der Waals surface area (Å²) in [6.07, 6.45) is 0. The summed E-state index contributed by atoms with van der Waals surface area (Å²) >= 11 is 6.66. The maximum absolute atomic E-state index is 12.3. The molecule has 26 heavy (non-hydrogen) atoms. The SMILES string of the molecule is COc1ccc(Br)cc1C(=O)NCCNC(=O)c1cc(Br)ccc1OC. The summed E-state index contributed by atoms with van der Waals surface area (Å²) < 4.78 is 11.9. The molecule has 2 aromatic rings. The number of carbonyl (C=O) groups is 2. The molecule has 0 fully saturated rings. The molecule has 0 aliphatic rings. The molecule has 6 nitrogen and oxygen atoms in total. The zero-order valence-corrected chi connectivity index (χ0v) is 17.4. The molecule has 0 heterocycles. The van der Waals surface area contributed by atoms with E-state index >= 15 is 0 Å². The fraction of sp³-hybridized carbons (Fsp3) is 0.222. The molecule has 8 heteroatoms. The molecule has 0 spiro atoms. The van der Waals surface area contributed by atoms with Gasteiger partial charge in [-0.2, -0.15) is 0 Å². The van der Waals surface area contributed by atoms with E-state index in [1.165, 1.54) is 14.2 Å². The molecule has 0 aliphatic carbocycles. The highest BCUT2D eigenvalue weighted by molar-refractivity contribution is 9.10. The summed E-state index contributed by atoms with van der Waals surface area (Å²) in [7, 11) is 3.01. The number of carbonyl (C=O) groups excluding carboxylic acids is 2. The van der Waals surface area contributed by atoms with Crippen LogP contribution < -0.4 is 20.1 Å². The second-order valence-corrected chi connectivity index (χ2v) is 7.03. The lowest BCUT2D eigenvalue weighted by Crippen LogP contribution is -2.35. The molecule has 138 valence electrons. The summed E-state index contributed by atoms with van der Waals surface area (Å²) in [5, 5.41) is 5.51. The Morgan fingerprint density at radius 3 is 1.54 bits per heavy atom. The Morgan fingerprint density at radius 1 is 0.808 bits per heavy atom. The highest BCUT2D eigenvalue weighted by Gasteiger charge is 2.14. The van der Waals surface area contributed by atoms with Crippen molar-refractivity contribution < 1.29 is 19.1 Å². The van der Waals surface area contributed by atoms with Crippen LogP contribution in [0.2, 0.25) is 0 Å². The van der Waals surface area contributed by atoms with E-state index in [-0.39, 0.29) is 24.9 Å². The Bertz CT molecular complexity index is 744. The topological polar surface area (TPSA) is 76.7 Å². The second kappa shape index (κ2) is 9.59. The van der Waals surface area contributed by atoms with Crippen LogP contribution in [0, 0.1) is 0 Å². The van der Waals surface area contributed by atoms with Crippen LogP contribution in [0.25, 0.3) is 0 Å². The first-order valence-electron chi connectivity index (χ1n) is 7.69. The predicted molar refractivity (Wildman–Crippen MR) is 106 cm³/mol. The minimum absolute atomic E-state index is 0.274. The van der Waals surface area contributed by atoms with Crippen molar-refractivity contribution in [1.82, 2.24) is 10.6 Å². The Hall–Kier alpha value is -2.06. The summed E-state index contributed by atoms with van der Waals surface area (Å²) in [5.41, 5.74) is 0.837. The number of rotatable bonds is 7. The molecule has 0 saturated carbocycles. The predicted octanol–water partition coefficient (Wildman–Crippen LogP) is 3.39. The molecule has 0 unspecified atom stereocenters. The Labute approximate surface area is 168 Å². The molecule has 0 radical (unpaired) electrons. The summed E-state index contributed by atoms with van der Waals surface area (Å²) in [4.78, 5) is 24.6. The standard InChI is InChI=1S/C18H18Br2N2O4/c1-25-15-5-3-11(19)9-13(15)17(23)21-7-8-22-18(24)14-10-12(20)4-6-16(14)26-2/h3-6,9-10H,7-8H2,1-2H3,(H,21,23)(H,22,24). The molecule has 0 atom stereocenters. The van der Waals surface area contributed by atoms with Crippen molar-refractivity contribution in [2.24, 2.45) is 0 Å². The molecule has 0 bridgehead atoms. The van der Waals surface area contributed by atoms with E-state index in [0.29, 0.717) is 22.6 Å². The van der Waals surface area contributed by atoms with Gasteiger partial charge in [0, 0.05) is 22.0 Å². The van der Waals surface area contributed by atoms with Gasteiger partial charge in [0.15, 0.2) is 0 Å². The van der Waals surface area contributed by atoms with E-state index in [0.717, 1.165) is 8.95 Å². The number of methoxy groups -OCH3 is 2. The molecule has 2 N–H and O–H groups in total. The van der Waals surface area contributed by atoms with Gasteiger partial charge in [0.05, 0.1) is 25.3 Å². The van der Waals surface area contributed by atoms with Crippen molar-refractivity contribution in [2.45, 2.75) is 0 Å². The van der Waals surface area contributed by atoms with Crippen molar-refractivity contribution in [1.29, 1.82) is 0 Å². The number of hydrogen-bond acceptors (Lipinski definition) is 4. The van der Waals surface area contributed by atoms with E-state index in [1.807, 2.05) is 0 Å². The average Bonchev–Trinajstić information content (AvgIpc) is 2.64. The quantitative estimate of drug-likeness (QED) is 0.589. The summed E-state index contributed by atoms with van der Waals surface area (Å²) in [5.74, 6) is 0.400. The monoisotopic (exact) mass is 484 g/mol. The van der Waals surface area contributed by atoms with E-state index < -0.39 is 0 Å². The average molecular weight is 486 g/mol. The Morgan fingerprint density at radius 2 is 1.19 bits per heavy atom. The largest absolute Gasteiger partial charge is 0.496 e. The van der Waals surface area contributed by atoms with Crippen molar-refractivity contribution in [3.8, 4) is 11.5 Å². The smallest absolute Gasteiger partial charge is 0.255 e.